The predicted molar refractivity (Wildman–Crippen MR) is 110 cm³/mol. The van der Waals surface area contributed by atoms with E-state index in [-0.39, 0.29) is 12.4 Å². The number of fused-ring (bicyclic) bond motifs is 2. The van der Waals surface area contributed by atoms with E-state index >= 15 is 0 Å². The van der Waals surface area contributed by atoms with E-state index in [9.17, 15) is 5.11 Å². The number of para-hydroxylation sites is 2. The third kappa shape index (κ3) is 4.53. The Morgan fingerprint density at radius 1 is 0.926 bits per heavy atom. The summed E-state index contributed by atoms with van der Waals surface area (Å²) in [4.78, 5) is 4.62. The van der Waals surface area contributed by atoms with Gasteiger partial charge in [-0.3, -0.25) is 0 Å². The van der Waals surface area contributed by atoms with Gasteiger partial charge in [-0.15, -0.1) is 0 Å². The average molecular weight is 418 g/mol. The highest BCUT2D eigenvalue weighted by molar-refractivity contribution is 7.99. The van der Waals surface area contributed by atoms with Crippen LogP contribution in [0.2, 0.25) is 5.02 Å². The lowest BCUT2D eigenvalue weighted by Gasteiger charge is -2.34. The van der Waals surface area contributed by atoms with Crippen LogP contribution in [-0.2, 0) is 0 Å². The molecule has 0 radical (unpaired) electrons. The normalized spacial score (nSPS) is 13.2. The molecule has 0 saturated carbocycles. The zero-order valence-electron chi connectivity index (χ0n) is 14.5. The first-order valence-electron chi connectivity index (χ1n) is 8.51. The number of nitrogens with zero attached hydrogens (tertiary/aromatic N) is 1. The number of benzene rings is 3. The summed E-state index contributed by atoms with van der Waals surface area (Å²) >= 11 is 7.79. The lowest BCUT2D eigenvalue weighted by Crippen LogP contribution is -3.00. The number of aliphatic hydroxyl groups is 1. The summed E-state index contributed by atoms with van der Waals surface area (Å²) in [6.07, 6.45) is -0.529. The summed E-state index contributed by atoms with van der Waals surface area (Å²) in [5, 5.41) is 14.6. The minimum Gasteiger partial charge on any atom is -1.00 e. The fourth-order valence-corrected chi connectivity index (χ4v) is 4.37. The fraction of sp³-hybridized carbons (Fsp3) is 0.143. The van der Waals surface area contributed by atoms with Crippen LogP contribution in [0.4, 0.5) is 17.1 Å². The highest BCUT2D eigenvalue weighted by atomic mass is 35.5. The minimum absolute atomic E-state index is 0. The topological polar surface area (TPSA) is 35.5 Å². The van der Waals surface area contributed by atoms with Crippen molar-refractivity contribution in [1.82, 2.24) is 0 Å². The van der Waals surface area contributed by atoms with Gasteiger partial charge >= 0.3 is 0 Å². The second kappa shape index (κ2) is 8.89. The number of hydrogen-bond donors (Lipinski definition) is 2. The van der Waals surface area contributed by atoms with Gasteiger partial charge in [0.2, 0.25) is 0 Å². The van der Waals surface area contributed by atoms with Gasteiger partial charge in [-0.05, 0) is 42.5 Å². The first-order valence-corrected chi connectivity index (χ1v) is 9.71. The number of halogens is 2. The molecule has 1 aliphatic rings. The minimum atomic E-state index is -0.529. The molecule has 140 valence electrons. The first kappa shape index (κ1) is 19.9. The molecule has 27 heavy (non-hydrogen) atoms. The Morgan fingerprint density at radius 2 is 1.56 bits per heavy atom. The van der Waals surface area contributed by atoms with Crippen molar-refractivity contribution in [3.05, 3.63) is 77.8 Å². The number of anilines is 3. The zero-order chi connectivity index (χ0) is 17.9. The van der Waals surface area contributed by atoms with E-state index in [4.69, 9.17) is 11.6 Å². The van der Waals surface area contributed by atoms with Crippen molar-refractivity contribution in [1.29, 1.82) is 0 Å². The van der Waals surface area contributed by atoms with E-state index in [1.54, 1.807) is 11.8 Å². The van der Waals surface area contributed by atoms with Crippen LogP contribution in [0.1, 0.15) is 0 Å². The molecule has 0 aliphatic carbocycles. The summed E-state index contributed by atoms with van der Waals surface area (Å²) in [7, 11) is 0. The van der Waals surface area contributed by atoms with E-state index in [1.165, 1.54) is 9.79 Å². The quantitative estimate of drug-likeness (QED) is 0.667. The number of hydrogen-bond acceptors (Lipinski definition) is 4. The van der Waals surface area contributed by atoms with Crippen LogP contribution in [0.3, 0.4) is 0 Å². The molecular weight excluding hydrogens is 399 g/mol. The number of aliphatic hydroxyl groups excluding tert-OH is 1. The molecule has 3 aromatic rings. The van der Waals surface area contributed by atoms with Gasteiger partial charge < -0.3 is 27.7 Å². The Labute approximate surface area is 174 Å². The third-order valence-corrected chi connectivity index (χ3v) is 5.66. The van der Waals surface area contributed by atoms with Crippen LogP contribution in [0, 0.1) is 0 Å². The Balaban J connectivity index is 0.00000210. The summed E-state index contributed by atoms with van der Waals surface area (Å²) in [5.41, 5.74) is 3.18. The molecule has 6 heteroatoms. The maximum Gasteiger partial charge on any atom is 0.0891 e. The number of rotatable bonds is 5. The van der Waals surface area contributed by atoms with Gasteiger partial charge in [0.1, 0.15) is 0 Å². The molecule has 0 bridgehead atoms. The Hall–Kier alpha value is -1.85. The van der Waals surface area contributed by atoms with Crippen molar-refractivity contribution >= 4 is 40.4 Å². The highest BCUT2D eigenvalue weighted by Crippen LogP contribution is 2.47. The van der Waals surface area contributed by atoms with Gasteiger partial charge in [-0.25, -0.2) is 0 Å². The van der Waals surface area contributed by atoms with Gasteiger partial charge in [0.25, 0.3) is 0 Å². The Bertz CT molecular complexity index is 876. The maximum atomic E-state index is 10.6. The van der Waals surface area contributed by atoms with Crippen molar-refractivity contribution in [2.75, 3.05) is 23.3 Å². The molecule has 0 aromatic heterocycles. The maximum absolute atomic E-state index is 10.6. The molecule has 0 fully saturated rings. The molecule has 3 aromatic carbocycles. The smallest absolute Gasteiger partial charge is 0.0891 e. The lowest BCUT2D eigenvalue weighted by molar-refractivity contribution is -0.00000678. The SMILES string of the molecule is OC(CNc1cccc(Cl)c1)CN1c2ccccc2Sc2ccccc21.[Cl-]. The van der Waals surface area contributed by atoms with Crippen molar-refractivity contribution in [3.63, 3.8) is 0 Å². The van der Waals surface area contributed by atoms with Crippen LogP contribution in [-0.4, -0.2) is 24.3 Å². The van der Waals surface area contributed by atoms with Crippen LogP contribution in [0.15, 0.2) is 82.6 Å². The molecule has 1 unspecified atom stereocenters. The molecule has 0 spiro atoms. The van der Waals surface area contributed by atoms with Crippen molar-refractivity contribution in [2.24, 2.45) is 0 Å². The van der Waals surface area contributed by atoms with E-state index in [0.717, 1.165) is 17.1 Å². The molecule has 1 aliphatic heterocycles. The Morgan fingerprint density at radius 3 is 2.19 bits per heavy atom. The van der Waals surface area contributed by atoms with E-state index in [1.807, 2.05) is 36.4 Å². The van der Waals surface area contributed by atoms with Crippen molar-refractivity contribution in [3.8, 4) is 0 Å². The van der Waals surface area contributed by atoms with Crippen molar-refractivity contribution in [2.45, 2.75) is 15.9 Å². The second-order valence-corrected chi connectivity index (χ2v) is 7.71. The molecule has 1 atom stereocenters. The number of β-amino-alcohol motifs (C(OH)–C–C–N with tert-alkyl or cyclic N) is 1. The predicted octanol–water partition coefficient (Wildman–Crippen LogP) is 2.42. The van der Waals surface area contributed by atoms with Crippen LogP contribution >= 0.6 is 23.4 Å². The second-order valence-electron chi connectivity index (χ2n) is 6.19. The first-order chi connectivity index (χ1) is 12.7. The van der Waals surface area contributed by atoms with Crippen LogP contribution in [0.25, 0.3) is 0 Å². The van der Waals surface area contributed by atoms with E-state index in [0.29, 0.717) is 18.1 Å². The lowest BCUT2D eigenvalue weighted by atomic mass is 10.2. The summed E-state index contributed by atoms with van der Waals surface area (Å²) in [6.45, 7) is 0.969. The van der Waals surface area contributed by atoms with E-state index in [2.05, 4.69) is 46.6 Å². The van der Waals surface area contributed by atoms with Crippen LogP contribution in [0.5, 0.6) is 0 Å². The molecular formula is C21H19Cl2N2OS-. The molecule has 4 rings (SSSR count). The molecule has 1 heterocycles. The van der Waals surface area contributed by atoms with Gasteiger partial charge in [-0.1, -0.05) is 53.7 Å². The third-order valence-electron chi connectivity index (χ3n) is 4.29. The molecule has 3 nitrogen and oxygen atoms in total. The van der Waals surface area contributed by atoms with Gasteiger partial charge in [0, 0.05) is 27.0 Å². The summed E-state index contributed by atoms with van der Waals surface area (Å²) < 4.78 is 0. The monoisotopic (exact) mass is 417 g/mol. The van der Waals surface area contributed by atoms with Gasteiger partial charge in [-0.2, -0.15) is 0 Å². The summed E-state index contributed by atoms with van der Waals surface area (Å²) in [5.74, 6) is 0. The largest absolute Gasteiger partial charge is 1.00 e. The molecule has 0 saturated heterocycles. The fourth-order valence-electron chi connectivity index (χ4n) is 3.09. The van der Waals surface area contributed by atoms with Gasteiger partial charge in [0.15, 0.2) is 0 Å². The Kier molecular flexibility index (Phi) is 6.55. The molecule has 2 N–H and O–H groups in total. The highest BCUT2D eigenvalue weighted by Gasteiger charge is 2.24. The van der Waals surface area contributed by atoms with E-state index < -0.39 is 6.10 Å². The average Bonchev–Trinajstić information content (AvgIpc) is 2.66. The summed E-state index contributed by atoms with van der Waals surface area (Å²) in [6, 6.07) is 24.2. The standard InChI is InChI=1S/C21H19ClN2OS.ClH/c22-15-6-5-7-16(12-15)23-13-17(25)14-24-18-8-1-3-10-20(18)26-21-11-4-2-9-19(21)24;/h1-12,17,23,25H,13-14H2;1H/p-1. The number of nitrogens with one attached hydrogen (secondary N) is 1. The zero-order valence-corrected chi connectivity index (χ0v) is 16.8. The van der Waals surface area contributed by atoms with Crippen molar-refractivity contribution < 1.29 is 17.5 Å². The van der Waals surface area contributed by atoms with Crippen LogP contribution < -0.4 is 22.6 Å². The van der Waals surface area contributed by atoms with Gasteiger partial charge in [0.05, 0.1) is 24.0 Å². The molecule has 0 amide bonds.